The van der Waals surface area contributed by atoms with Crippen molar-refractivity contribution in [2.45, 2.75) is 26.3 Å². The van der Waals surface area contributed by atoms with Crippen LogP contribution in [0.3, 0.4) is 0 Å². The predicted octanol–water partition coefficient (Wildman–Crippen LogP) is 3.63. The van der Waals surface area contributed by atoms with E-state index in [9.17, 15) is 5.11 Å². The summed E-state index contributed by atoms with van der Waals surface area (Å²) in [5.74, 6) is 0.775. The van der Waals surface area contributed by atoms with E-state index in [2.05, 4.69) is 18.3 Å². The van der Waals surface area contributed by atoms with E-state index in [-0.39, 0.29) is 6.61 Å². The van der Waals surface area contributed by atoms with E-state index in [0.717, 1.165) is 22.6 Å². The minimum atomic E-state index is -0.605. The number of aliphatic hydroxyl groups excluding tert-OH is 1. The van der Waals surface area contributed by atoms with Crippen LogP contribution >= 0.6 is 0 Å². The number of methoxy groups -OCH3 is 1. The van der Waals surface area contributed by atoms with Crippen LogP contribution in [0, 0.1) is 13.8 Å². The number of ether oxygens (including phenoxy) is 1. The van der Waals surface area contributed by atoms with Crippen LogP contribution in [0.15, 0.2) is 42.5 Å². The summed E-state index contributed by atoms with van der Waals surface area (Å²) in [6.45, 7) is 6.04. The van der Waals surface area contributed by atoms with Crippen molar-refractivity contribution in [3.63, 3.8) is 0 Å². The molecule has 0 aliphatic rings. The fourth-order valence-corrected chi connectivity index (χ4v) is 2.40. The highest BCUT2D eigenvalue weighted by atomic mass is 16.5. The summed E-state index contributed by atoms with van der Waals surface area (Å²) in [4.78, 5) is 0. The number of nitrogens with one attached hydrogen (secondary N) is 1. The maximum absolute atomic E-state index is 9.95. The third-order valence-electron chi connectivity index (χ3n) is 3.74. The minimum absolute atomic E-state index is 0.0271. The van der Waals surface area contributed by atoms with Crippen LogP contribution in [-0.4, -0.2) is 18.8 Å². The van der Waals surface area contributed by atoms with Gasteiger partial charge in [-0.15, -0.1) is 0 Å². The summed E-state index contributed by atoms with van der Waals surface area (Å²) in [5, 5.41) is 13.4. The van der Waals surface area contributed by atoms with Gasteiger partial charge in [0.15, 0.2) is 0 Å². The molecule has 2 N–H and O–H groups in total. The highest BCUT2D eigenvalue weighted by molar-refractivity contribution is 5.52. The van der Waals surface area contributed by atoms with Gasteiger partial charge in [0.2, 0.25) is 0 Å². The maximum Gasteiger partial charge on any atom is 0.124 e. The number of rotatable bonds is 5. The van der Waals surface area contributed by atoms with Gasteiger partial charge >= 0.3 is 0 Å². The summed E-state index contributed by atoms with van der Waals surface area (Å²) in [7, 11) is 1.65. The van der Waals surface area contributed by atoms with Crippen molar-refractivity contribution in [1.29, 1.82) is 0 Å². The lowest BCUT2D eigenvalue weighted by atomic mass is 9.90. The van der Waals surface area contributed by atoms with Gasteiger partial charge in [0.05, 0.1) is 19.3 Å². The topological polar surface area (TPSA) is 41.5 Å². The Bertz CT molecular complexity index is 607. The SMILES string of the molecule is COc1ccc(C)cc1C(C)(CO)Nc1ccc(C)cc1. The summed E-state index contributed by atoms with van der Waals surface area (Å²) in [6, 6.07) is 14.1. The summed E-state index contributed by atoms with van der Waals surface area (Å²) in [6.07, 6.45) is 0. The number of hydrogen-bond donors (Lipinski definition) is 2. The second-order valence-corrected chi connectivity index (χ2v) is 5.68. The van der Waals surface area contributed by atoms with Crippen molar-refractivity contribution in [2.24, 2.45) is 0 Å². The predicted molar refractivity (Wildman–Crippen MR) is 87.0 cm³/mol. The standard InChI is InChI=1S/C18H23NO2/c1-13-5-8-15(9-6-13)19-18(3,12-20)16-11-14(2)7-10-17(16)21-4/h5-11,19-20H,12H2,1-4H3. The molecule has 0 saturated heterocycles. The highest BCUT2D eigenvalue weighted by Crippen LogP contribution is 2.33. The summed E-state index contributed by atoms with van der Waals surface area (Å²) < 4.78 is 5.45. The van der Waals surface area contributed by atoms with Crippen molar-refractivity contribution in [1.82, 2.24) is 0 Å². The van der Waals surface area contributed by atoms with E-state index in [4.69, 9.17) is 4.74 Å². The number of aliphatic hydroxyl groups is 1. The quantitative estimate of drug-likeness (QED) is 0.881. The van der Waals surface area contributed by atoms with Gasteiger partial charge in [0.25, 0.3) is 0 Å². The maximum atomic E-state index is 9.95. The second kappa shape index (κ2) is 6.19. The Morgan fingerprint density at radius 3 is 2.24 bits per heavy atom. The molecule has 0 heterocycles. The molecule has 0 spiro atoms. The smallest absolute Gasteiger partial charge is 0.124 e. The fourth-order valence-electron chi connectivity index (χ4n) is 2.40. The van der Waals surface area contributed by atoms with Gasteiger partial charge in [-0.05, 0) is 45.0 Å². The molecule has 0 amide bonds. The molecule has 0 aromatic heterocycles. The zero-order chi connectivity index (χ0) is 15.5. The third-order valence-corrected chi connectivity index (χ3v) is 3.74. The van der Waals surface area contributed by atoms with Crippen molar-refractivity contribution in [2.75, 3.05) is 19.0 Å². The first-order chi connectivity index (χ1) is 9.98. The molecule has 3 nitrogen and oxygen atoms in total. The van der Waals surface area contributed by atoms with Crippen molar-refractivity contribution >= 4 is 5.69 Å². The lowest BCUT2D eigenvalue weighted by Gasteiger charge is -2.32. The molecule has 3 heteroatoms. The van der Waals surface area contributed by atoms with Gasteiger partial charge < -0.3 is 15.2 Å². The molecule has 112 valence electrons. The molecule has 2 aromatic carbocycles. The normalized spacial score (nSPS) is 13.6. The minimum Gasteiger partial charge on any atom is -0.496 e. The molecule has 1 atom stereocenters. The van der Waals surface area contributed by atoms with Crippen LogP contribution in [0.1, 0.15) is 23.6 Å². The molecule has 0 fully saturated rings. The molecule has 0 radical (unpaired) electrons. The Balaban J connectivity index is 2.40. The Labute approximate surface area is 126 Å². The number of benzene rings is 2. The second-order valence-electron chi connectivity index (χ2n) is 5.68. The van der Waals surface area contributed by atoms with Crippen LogP contribution in [-0.2, 0) is 5.54 Å². The van der Waals surface area contributed by atoms with Crippen LogP contribution in [0.2, 0.25) is 0 Å². The molecule has 0 aliphatic carbocycles. The Hall–Kier alpha value is -2.00. The summed E-state index contributed by atoms with van der Waals surface area (Å²) >= 11 is 0. The molecule has 2 aromatic rings. The van der Waals surface area contributed by atoms with Crippen LogP contribution in [0.5, 0.6) is 5.75 Å². The first-order valence-electron chi connectivity index (χ1n) is 7.09. The van der Waals surface area contributed by atoms with E-state index < -0.39 is 5.54 Å². The van der Waals surface area contributed by atoms with Crippen LogP contribution < -0.4 is 10.1 Å². The molecule has 0 saturated carbocycles. The van der Waals surface area contributed by atoms with Gasteiger partial charge in [0, 0.05) is 11.3 Å². The Kier molecular flexibility index (Phi) is 4.53. The number of aryl methyl sites for hydroxylation is 2. The van der Waals surface area contributed by atoms with Gasteiger partial charge in [0.1, 0.15) is 5.75 Å². The average molecular weight is 285 g/mol. The van der Waals surface area contributed by atoms with E-state index in [1.165, 1.54) is 5.56 Å². The van der Waals surface area contributed by atoms with Crippen LogP contribution in [0.4, 0.5) is 5.69 Å². The van der Waals surface area contributed by atoms with Gasteiger partial charge in [-0.2, -0.15) is 0 Å². The molecular formula is C18H23NO2. The average Bonchev–Trinajstić information content (AvgIpc) is 2.49. The van der Waals surface area contributed by atoms with Crippen molar-refractivity contribution < 1.29 is 9.84 Å². The van der Waals surface area contributed by atoms with Gasteiger partial charge in [-0.1, -0.05) is 29.3 Å². The number of anilines is 1. The summed E-state index contributed by atoms with van der Waals surface area (Å²) in [5.41, 5.74) is 3.66. The molecule has 0 bridgehead atoms. The Morgan fingerprint density at radius 2 is 1.67 bits per heavy atom. The molecule has 21 heavy (non-hydrogen) atoms. The lowest BCUT2D eigenvalue weighted by molar-refractivity contribution is 0.220. The highest BCUT2D eigenvalue weighted by Gasteiger charge is 2.29. The zero-order valence-corrected chi connectivity index (χ0v) is 13.1. The van der Waals surface area contributed by atoms with Gasteiger partial charge in [-0.25, -0.2) is 0 Å². The van der Waals surface area contributed by atoms with Crippen LogP contribution in [0.25, 0.3) is 0 Å². The van der Waals surface area contributed by atoms with Crippen molar-refractivity contribution in [3.8, 4) is 5.75 Å². The van der Waals surface area contributed by atoms with E-state index in [1.54, 1.807) is 7.11 Å². The first-order valence-corrected chi connectivity index (χ1v) is 7.09. The first kappa shape index (κ1) is 15.4. The molecular weight excluding hydrogens is 262 g/mol. The van der Waals surface area contributed by atoms with E-state index in [0.29, 0.717) is 0 Å². The number of hydrogen-bond acceptors (Lipinski definition) is 3. The molecule has 0 aliphatic heterocycles. The third kappa shape index (κ3) is 3.37. The fraction of sp³-hybridized carbons (Fsp3) is 0.333. The molecule has 1 unspecified atom stereocenters. The zero-order valence-electron chi connectivity index (χ0n) is 13.1. The van der Waals surface area contributed by atoms with Crippen molar-refractivity contribution in [3.05, 3.63) is 59.2 Å². The molecule has 2 rings (SSSR count). The Morgan fingerprint density at radius 1 is 1.05 bits per heavy atom. The van der Waals surface area contributed by atoms with Gasteiger partial charge in [-0.3, -0.25) is 0 Å². The van der Waals surface area contributed by atoms with E-state index in [1.807, 2.05) is 50.2 Å². The lowest BCUT2D eigenvalue weighted by Crippen LogP contribution is -2.36. The van der Waals surface area contributed by atoms with E-state index >= 15 is 0 Å². The monoisotopic (exact) mass is 285 g/mol. The largest absolute Gasteiger partial charge is 0.496 e.